The number of hydrogen-bond donors (Lipinski definition) is 0. The zero-order chi connectivity index (χ0) is 26.5. The van der Waals surface area contributed by atoms with Gasteiger partial charge in [0.05, 0.1) is 17.3 Å². The normalized spacial score (nSPS) is 25.9. The molecule has 1 aliphatic carbocycles. The molecule has 0 bridgehead atoms. The van der Waals surface area contributed by atoms with Gasteiger partial charge in [0.1, 0.15) is 5.76 Å². The maximum atomic E-state index is 12.9. The Labute approximate surface area is 204 Å². The Hall–Kier alpha value is -0.558. The standard InChI is InChI=1S/C22H40BF3O6SSi/c1-14(2)34(15(3)4,16(5)6)30-19-12-11-17(29-33(27,28)22(24,25)26)13-18(19)23-31-20(7,8)21(9,10)32-23/h13-16,18-19H,11-12H2,1-10H3/t18-,19-/m0/s1. The van der Waals surface area contributed by atoms with Crippen LogP contribution >= 0.6 is 0 Å². The molecule has 34 heavy (non-hydrogen) atoms. The summed E-state index contributed by atoms with van der Waals surface area (Å²) in [5.74, 6) is -0.890. The molecule has 1 fully saturated rings. The van der Waals surface area contributed by atoms with E-state index in [1.807, 2.05) is 27.7 Å². The van der Waals surface area contributed by atoms with E-state index in [0.717, 1.165) is 0 Å². The molecule has 0 unspecified atom stereocenters. The number of alkyl halides is 3. The second kappa shape index (κ2) is 9.72. The fourth-order valence-electron chi connectivity index (χ4n) is 5.25. The molecule has 2 rings (SSSR count). The lowest BCUT2D eigenvalue weighted by molar-refractivity contribution is -0.0525. The van der Waals surface area contributed by atoms with Gasteiger partial charge in [0, 0.05) is 12.2 Å². The predicted molar refractivity (Wildman–Crippen MR) is 129 cm³/mol. The minimum Gasteiger partial charge on any atom is -0.413 e. The first-order chi connectivity index (χ1) is 15.2. The molecule has 0 aromatic rings. The lowest BCUT2D eigenvalue weighted by atomic mass is 9.65. The molecule has 1 heterocycles. The van der Waals surface area contributed by atoms with E-state index in [1.54, 1.807) is 0 Å². The van der Waals surface area contributed by atoms with Crippen molar-refractivity contribution >= 4 is 25.6 Å². The van der Waals surface area contributed by atoms with Gasteiger partial charge in [0.2, 0.25) is 8.32 Å². The Bertz CT molecular complexity index is 833. The summed E-state index contributed by atoms with van der Waals surface area (Å²) in [4.78, 5) is 0. The van der Waals surface area contributed by atoms with Gasteiger partial charge in [-0.2, -0.15) is 21.6 Å². The van der Waals surface area contributed by atoms with Gasteiger partial charge >= 0.3 is 22.7 Å². The maximum absolute atomic E-state index is 12.9. The Kier molecular flexibility index (Phi) is 8.48. The number of hydrogen-bond acceptors (Lipinski definition) is 6. The van der Waals surface area contributed by atoms with Crippen LogP contribution in [0.3, 0.4) is 0 Å². The third-order valence-electron chi connectivity index (χ3n) is 7.63. The van der Waals surface area contributed by atoms with E-state index < -0.39 is 54.2 Å². The van der Waals surface area contributed by atoms with Gasteiger partial charge in [0.25, 0.3) is 0 Å². The molecule has 0 radical (unpaired) electrons. The topological polar surface area (TPSA) is 71.1 Å². The van der Waals surface area contributed by atoms with E-state index in [9.17, 15) is 21.6 Å². The Morgan fingerprint density at radius 2 is 1.44 bits per heavy atom. The zero-order valence-electron chi connectivity index (χ0n) is 21.9. The third kappa shape index (κ3) is 5.55. The van der Waals surface area contributed by atoms with Crippen molar-refractivity contribution in [3.63, 3.8) is 0 Å². The highest BCUT2D eigenvalue weighted by Crippen LogP contribution is 2.49. The lowest BCUT2D eigenvalue weighted by Gasteiger charge is -2.47. The molecular weight excluding hydrogens is 488 g/mol. The van der Waals surface area contributed by atoms with Crippen LogP contribution in [0.15, 0.2) is 11.8 Å². The molecule has 0 N–H and O–H groups in total. The Morgan fingerprint density at radius 1 is 1.00 bits per heavy atom. The van der Waals surface area contributed by atoms with Gasteiger partial charge in [0.15, 0.2) is 0 Å². The summed E-state index contributed by atoms with van der Waals surface area (Å²) < 4.78 is 86.1. The van der Waals surface area contributed by atoms with Crippen molar-refractivity contribution in [1.29, 1.82) is 0 Å². The first-order valence-corrected chi connectivity index (χ1v) is 15.5. The van der Waals surface area contributed by atoms with Crippen LogP contribution in [-0.2, 0) is 28.0 Å². The molecule has 0 aromatic heterocycles. The van der Waals surface area contributed by atoms with Crippen LogP contribution in [0.2, 0.25) is 22.4 Å². The SMILES string of the molecule is CC(C)[Si](O[C@H]1CCC(OS(=O)(=O)C(F)(F)F)=C[C@@H]1B1OC(C)(C)C(C)(C)O1)(C(C)C)C(C)C. The molecule has 6 nitrogen and oxygen atoms in total. The molecule has 0 saturated carbocycles. The summed E-state index contributed by atoms with van der Waals surface area (Å²) in [6, 6.07) is 0. The summed E-state index contributed by atoms with van der Waals surface area (Å²) in [5.41, 5.74) is -5.98. The van der Waals surface area contributed by atoms with Crippen LogP contribution in [0.1, 0.15) is 82.1 Å². The Balaban J connectivity index is 2.50. The van der Waals surface area contributed by atoms with Crippen molar-refractivity contribution in [1.82, 2.24) is 0 Å². The molecule has 198 valence electrons. The summed E-state index contributed by atoms with van der Waals surface area (Å²) in [6.45, 7) is 20.5. The first-order valence-electron chi connectivity index (χ1n) is 11.9. The summed E-state index contributed by atoms with van der Waals surface area (Å²) in [7, 11) is -8.94. The summed E-state index contributed by atoms with van der Waals surface area (Å²) in [6.07, 6.45) is 1.30. The van der Waals surface area contributed by atoms with Gasteiger partial charge < -0.3 is 17.9 Å². The fourth-order valence-corrected chi connectivity index (χ4v) is 11.4. The molecule has 1 saturated heterocycles. The summed E-state index contributed by atoms with van der Waals surface area (Å²) in [5, 5.41) is 0. The predicted octanol–water partition coefficient (Wildman–Crippen LogP) is 6.55. The van der Waals surface area contributed by atoms with Crippen LogP contribution in [0.5, 0.6) is 0 Å². The second-order valence-corrected chi connectivity index (χ2v) is 18.3. The highest BCUT2D eigenvalue weighted by atomic mass is 32.2. The van der Waals surface area contributed by atoms with Crippen molar-refractivity contribution in [3.8, 4) is 0 Å². The van der Waals surface area contributed by atoms with E-state index in [2.05, 4.69) is 45.7 Å². The van der Waals surface area contributed by atoms with E-state index >= 15 is 0 Å². The molecule has 12 heteroatoms. The Morgan fingerprint density at radius 3 is 1.82 bits per heavy atom. The molecule has 2 aliphatic rings. The van der Waals surface area contributed by atoms with E-state index in [1.165, 1.54) is 6.08 Å². The second-order valence-electron chi connectivity index (χ2n) is 11.3. The van der Waals surface area contributed by atoms with Crippen molar-refractivity contribution in [2.75, 3.05) is 0 Å². The summed E-state index contributed by atoms with van der Waals surface area (Å²) >= 11 is 0. The quantitative estimate of drug-likeness (QED) is 0.202. The van der Waals surface area contributed by atoms with E-state index in [-0.39, 0.29) is 12.2 Å². The molecular formula is C22H40BF3O6SSi. The average Bonchev–Trinajstić information content (AvgIpc) is 2.85. The largest absolute Gasteiger partial charge is 0.534 e. The minimum atomic E-state index is -5.76. The zero-order valence-corrected chi connectivity index (χ0v) is 23.8. The van der Waals surface area contributed by atoms with Crippen molar-refractivity contribution in [2.45, 2.75) is 127 Å². The van der Waals surface area contributed by atoms with Gasteiger partial charge in [-0.3, -0.25) is 0 Å². The highest BCUT2D eigenvalue weighted by Gasteiger charge is 2.57. The van der Waals surface area contributed by atoms with Gasteiger partial charge in [-0.1, -0.05) is 41.5 Å². The van der Waals surface area contributed by atoms with Crippen LogP contribution in [0.4, 0.5) is 13.2 Å². The molecule has 1 aliphatic heterocycles. The van der Waals surface area contributed by atoms with Crippen LogP contribution in [0, 0.1) is 0 Å². The molecule has 0 amide bonds. The van der Waals surface area contributed by atoms with Crippen molar-refractivity contribution < 1.29 is 39.5 Å². The van der Waals surface area contributed by atoms with Crippen LogP contribution in [0.25, 0.3) is 0 Å². The molecule has 2 atom stereocenters. The van der Waals surface area contributed by atoms with E-state index in [0.29, 0.717) is 23.0 Å². The number of halogens is 3. The highest BCUT2D eigenvalue weighted by molar-refractivity contribution is 7.87. The maximum Gasteiger partial charge on any atom is 0.534 e. The number of allylic oxidation sites excluding steroid dienone is 1. The lowest BCUT2D eigenvalue weighted by Crippen LogP contribution is -2.52. The average molecular weight is 529 g/mol. The van der Waals surface area contributed by atoms with Gasteiger partial charge in [-0.15, -0.1) is 0 Å². The van der Waals surface area contributed by atoms with Crippen LogP contribution < -0.4 is 0 Å². The monoisotopic (exact) mass is 528 g/mol. The minimum absolute atomic E-state index is 0.00868. The first kappa shape index (κ1) is 29.7. The molecule has 0 spiro atoms. The van der Waals surface area contributed by atoms with E-state index in [4.69, 9.17) is 13.7 Å². The van der Waals surface area contributed by atoms with Gasteiger partial charge in [-0.25, -0.2) is 0 Å². The van der Waals surface area contributed by atoms with Crippen LogP contribution in [-0.4, -0.2) is 46.7 Å². The number of rotatable bonds is 8. The fraction of sp³-hybridized carbons (Fsp3) is 0.909. The third-order valence-corrected chi connectivity index (χ3v) is 14.8. The smallest absolute Gasteiger partial charge is 0.413 e. The van der Waals surface area contributed by atoms with Gasteiger partial charge in [-0.05, 0) is 56.8 Å². The van der Waals surface area contributed by atoms with Crippen molar-refractivity contribution in [3.05, 3.63) is 11.8 Å². The van der Waals surface area contributed by atoms with Crippen molar-refractivity contribution in [2.24, 2.45) is 0 Å². The molecule has 0 aromatic carbocycles.